The summed E-state index contributed by atoms with van der Waals surface area (Å²) in [6.07, 6.45) is 0.811. The van der Waals surface area contributed by atoms with Crippen LogP contribution in [0.15, 0.2) is 22.8 Å². The van der Waals surface area contributed by atoms with Crippen molar-refractivity contribution in [1.29, 1.82) is 0 Å². The first-order valence-corrected chi connectivity index (χ1v) is 7.24. The second-order valence-electron chi connectivity index (χ2n) is 3.81. The van der Waals surface area contributed by atoms with Crippen LogP contribution in [0.5, 0.6) is 5.88 Å². The first kappa shape index (κ1) is 15.0. The van der Waals surface area contributed by atoms with Crippen LogP contribution in [0.1, 0.15) is 5.56 Å². The van der Waals surface area contributed by atoms with E-state index in [1.807, 2.05) is 0 Å². The fraction of sp³-hybridized carbons (Fsp3) is 0.200. The average molecular weight is 371 g/mol. The predicted molar refractivity (Wildman–Crippen MR) is 67.6 cm³/mol. The molecule has 108 valence electrons. The highest BCUT2D eigenvalue weighted by atomic mass is 79.9. The van der Waals surface area contributed by atoms with Gasteiger partial charge in [-0.15, -0.1) is 0 Å². The quantitative estimate of drug-likeness (QED) is 0.600. The number of halogens is 4. The number of nitrogens with zero attached hydrogens (tertiary/aromatic N) is 2. The summed E-state index contributed by atoms with van der Waals surface area (Å²) in [5.74, 6) is -0.743. The number of fused-ring (bicyclic) bond motifs is 1. The highest BCUT2D eigenvalue weighted by Crippen LogP contribution is 2.28. The number of aromatic nitrogens is 2. The summed E-state index contributed by atoms with van der Waals surface area (Å²) in [5, 5.41) is 0. The van der Waals surface area contributed by atoms with Gasteiger partial charge in [-0.2, -0.15) is 21.6 Å². The lowest BCUT2D eigenvalue weighted by Crippen LogP contribution is -2.28. The molecule has 0 saturated carbocycles. The van der Waals surface area contributed by atoms with Gasteiger partial charge >= 0.3 is 15.6 Å². The number of benzene rings is 1. The second-order valence-corrected chi connectivity index (χ2v) is 6.20. The van der Waals surface area contributed by atoms with Gasteiger partial charge in [0.2, 0.25) is 0 Å². The van der Waals surface area contributed by atoms with Crippen LogP contribution < -0.4 is 4.18 Å². The Kier molecular flexibility index (Phi) is 3.63. The van der Waals surface area contributed by atoms with Crippen molar-refractivity contribution in [2.75, 3.05) is 0 Å². The van der Waals surface area contributed by atoms with Gasteiger partial charge in [-0.05, 0) is 40.5 Å². The van der Waals surface area contributed by atoms with Crippen molar-refractivity contribution in [2.24, 2.45) is 0 Å². The third-order valence-electron chi connectivity index (χ3n) is 2.20. The summed E-state index contributed by atoms with van der Waals surface area (Å²) in [6, 6.07) is 3.28. The van der Waals surface area contributed by atoms with Crippen LogP contribution in [0.25, 0.3) is 11.0 Å². The number of aryl methyl sites for hydroxylation is 1. The van der Waals surface area contributed by atoms with Gasteiger partial charge in [-0.3, -0.25) is 0 Å². The largest absolute Gasteiger partial charge is 0.534 e. The van der Waals surface area contributed by atoms with E-state index in [2.05, 4.69) is 30.1 Å². The molecule has 2 rings (SSSR count). The van der Waals surface area contributed by atoms with Crippen LogP contribution >= 0.6 is 15.9 Å². The molecular weight excluding hydrogens is 365 g/mol. The van der Waals surface area contributed by atoms with Gasteiger partial charge < -0.3 is 4.18 Å². The van der Waals surface area contributed by atoms with Gasteiger partial charge in [-0.1, -0.05) is 0 Å². The zero-order chi connectivity index (χ0) is 15.1. The highest BCUT2D eigenvalue weighted by molar-refractivity contribution is 9.10. The molecule has 0 atom stereocenters. The van der Waals surface area contributed by atoms with Crippen molar-refractivity contribution < 1.29 is 25.8 Å². The molecule has 0 aliphatic heterocycles. The molecular formula is C10H6BrF3N2O3S. The van der Waals surface area contributed by atoms with Crippen LogP contribution in [-0.4, -0.2) is 23.9 Å². The predicted octanol–water partition coefficient (Wildman–Crippen LogP) is 2.93. The van der Waals surface area contributed by atoms with E-state index >= 15 is 0 Å². The Labute approximate surface area is 120 Å². The molecule has 0 saturated heterocycles. The summed E-state index contributed by atoms with van der Waals surface area (Å²) < 4.78 is 62.8. The first-order chi connectivity index (χ1) is 9.10. The maximum Gasteiger partial charge on any atom is 0.534 e. The lowest BCUT2D eigenvalue weighted by atomic mass is 10.2. The molecule has 0 N–H and O–H groups in total. The summed E-state index contributed by atoms with van der Waals surface area (Å²) in [5.41, 5.74) is -4.15. The third-order valence-corrected chi connectivity index (χ3v) is 3.76. The zero-order valence-electron chi connectivity index (χ0n) is 9.77. The Hall–Kier alpha value is -1.42. The van der Waals surface area contributed by atoms with E-state index in [0.717, 1.165) is 11.8 Å². The van der Waals surface area contributed by atoms with Crippen molar-refractivity contribution in [3.63, 3.8) is 0 Å². The second kappa shape index (κ2) is 4.85. The van der Waals surface area contributed by atoms with Crippen LogP contribution in [0.4, 0.5) is 13.2 Å². The Morgan fingerprint density at radius 1 is 1.30 bits per heavy atom. The van der Waals surface area contributed by atoms with Gasteiger partial charge in [-0.25, -0.2) is 9.97 Å². The normalized spacial score (nSPS) is 12.7. The maximum absolute atomic E-state index is 12.2. The fourth-order valence-corrected chi connectivity index (χ4v) is 2.46. The molecule has 2 aromatic rings. The van der Waals surface area contributed by atoms with E-state index in [9.17, 15) is 21.6 Å². The Balaban J connectivity index is 2.48. The third kappa shape index (κ3) is 2.85. The zero-order valence-corrected chi connectivity index (χ0v) is 12.2. The molecule has 0 aliphatic rings. The molecule has 10 heteroatoms. The Morgan fingerprint density at radius 3 is 2.55 bits per heavy atom. The van der Waals surface area contributed by atoms with E-state index in [-0.39, 0.29) is 5.52 Å². The van der Waals surface area contributed by atoms with Crippen LogP contribution in [0.3, 0.4) is 0 Å². The van der Waals surface area contributed by atoms with Gasteiger partial charge in [0.15, 0.2) is 0 Å². The number of hydrogen-bond donors (Lipinski definition) is 0. The van der Waals surface area contributed by atoms with Crippen molar-refractivity contribution in [1.82, 2.24) is 9.97 Å². The van der Waals surface area contributed by atoms with Gasteiger partial charge in [0.25, 0.3) is 5.88 Å². The van der Waals surface area contributed by atoms with E-state index in [0.29, 0.717) is 9.99 Å². The number of rotatable bonds is 2. The molecule has 1 aromatic heterocycles. The molecule has 0 unspecified atom stereocenters. The van der Waals surface area contributed by atoms with Gasteiger partial charge in [0.05, 0.1) is 11.7 Å². The number of alkyl halides is 3. The fourth-order valence-electron chi connectivity index (χ4n) is 1.40. The molecule has 0 amide bonds. The minimum Gasteiger partial charge on any atom is -0.354 e. The Morgan fingerprint density at radius 2 is 1.95 bits per heavy atom. The molecule has 0 spiro atoms. The topological polar surface area (TPSA) is 69.2 Å². The SMILES string of the molecule is Cc1cc(Br)c2ncc(OS(=O)(=O)C(F)(F)F)nc2c1. The number of hydrogen-bond acceptors (Lipinski definition) is 5. The van der Waals surface area contributed by atoms with Crippen LogP contribution in [-0.2, 0) is 10.1 Å². The van der Waals surface area contributed by atoms with Crippen LogP contribution in [0, 0.1) is 6.92 Å². The molecule has 1 heterocycles. The standard InChI is InChI=1S/C10H6BrF3N2O3S/c1-5-2-6(11)9-7(3-5)16-8(4-15-9)19-20(17,18)10(12,13)14/h2-4H,1H3. The molecule has 5 nitrogen and oxygen atoms in total. The average Bonchev–Trinajstić information content (AvgIpc) is 2.25. The van der Waals surface area contributed by atoms with Crippen molar-refractivity contribution in [3.05, 3.63) is 28.4 Å². The monoisotopic (exact) mass is 370 g/mol. The van der Waals surface area contributed by atoms with E-state index in [4.69, 9.17) is 0 Å². The van der Waals surface area contributed by atoms with Gasteiger partial charge in [0.1, 0.15) is 5.52 Å². The lowest BCUT2D eigenvalue weighted by Gasteiger charge is -2.09. The smallest absolute Gasteiger partial charge is 0.354 e. The molecule has 1 aromatic carbocycles. The maximum atomic E-state index is 12.2. The van der Waals surface area contributed by atoms with Crippen LogP contribution in [0.2, 0.25) is 0 Å². The van der Waals surface area contributed by atoms with Crippen molar-refractivity contribution >= 4 is 37.1 Å². The summed E-state index contributed by atoms with van der Waals surface area (Å²) in [7, 11) is -5.75. The van der Waals surface area contributed by atoms with Crippen molar-refractivity contribution in [3.8, 4) is 5.88 Å². The van der Waals surface area contributed by atoms with Crippen molar-refractivity contribution in [2.45, 2.75) is 12.4 Å². The summed E-state index contributed by atoms with van der Waals surface area (Å²) in [6.45, 7) is 1.74. The lowest BCUT2D eigenvalue weighted by molar-refractivity contribution is -0.0501. The molecule has 0 radical (unpaired) electrons. The van der Waals surface area contributed by atoms with E-state index in [1.54, 1.807) is 19.1 Å². The van der Waals surface area contributed by atoms with E-state index in [1.165, 1.54) is 0 Å². The van der Waals surface area contributed by atoms with E-state index < -0.39 is 21.5 Å². The molecule has 20 heavy (non-hydrogen) atoms. The summed E-state index contributed by atoms with van der Waals surface area (Å²) in [4.78, 5) is 7.52. The molecule has 0 bridgehead atoms. The summed E-state index contributed by atoms with van der Waals surface area (Å²) >= 11 is 3.22. The Bertz CT molecular complexity index is 777. The minimum absolute atomic E-state index is 0.215. The molecule has 0 fully saturated rings. The van der Waals surface area contributed by atoms with Gasteiger partial charge in [0, 0.05) is 4.47 Å². The molecule has 0 aliphatic carbocycles. The highest BCUT2D eigenvalue weighted by Gasteiger charge is 2.48. The first-order valence-electron chi connectivity index (χ1n) is 5.04. The minimum atomic E-state index is -5.75.